The molecule has 0 aromatic carbocycles. The normalized spacial score (nSPS) is 10.6. The molecule has 21 heavy (non-hydrogen) atoms. The summed E-state index contributed by atoms with van der Waals surface area (Å²) in [7, 11) is 0. The van der Waals surface area contributed by atoms with Gasteiger partial charge in [0.05, 0.1) is 0 Å². The minimum atomic E-state index is 0.786. The molecule has 0 unspecified atom stereocenters. The Hall–Kier alpha value is -2.11. The van der Waals surface area contributed by atoms with E-state index >= 15 is 0 Å². The van der Waals surface area contributed by atoms with Crippen molar-refractivity contribution < 1.29 is 0 Å². The highest BCUT2D eigenvalue weighted by molar-refractivity contribution is 5.57. The van der Waals surface area contributed by atoms with E-state index in [-0.39, 0.29) is 0 Å². The number of rotatable bonds is 8. The molecule has 0 bridgehead atoms. The number of anilines is 2. The fraction of sp³-hybridized carbons (Fsp3) is 0.533. The molecule has 0 saturated heterocycles. The molecule has 2 rings (SSSR count). The van der Waals surface area contributed by atoms with Crippen LogP contribution >= 0.6 is 0 Å². The zero-order valence-corrected chi connectivity index (χ0v) is 13.1. The number of nitrogens with one attached hydrogen (secondary N) is 2. The monoisotopic (exact) mass is 288 g/mol. The van der Waals surface area contributed by atoms with Crippen molar-refractivity contribution in [1.29, 1.82) is 0 Å². The van der Waals surface area contributed by atoms with Gasteiger partial charge in [0, 0.05) is 37.6 Å². The second-order valence-electron chi connectivity index (χ2n) is 5.07. The van der Waals surface area contributed by atoms with Gasteiger partial charge < -0.3 is 10.6 Å². The Morgan fingerprint density at radius 1 is 1.10 bits per heavy atom. The van der Waals surface area contributed by atoms with Gasteiger partial charge in [-0.25, -0.2) is 9.97 Å². The molecular formula is C15H24N6. The summed E-state index contributed by atoms with van der Waals surface area (Å²) in [5.41, 5.74) is 1.08. The summed E-state index contributed by atoms with van der Waals surface area (Å²) in [5.74, 6) is 2.63. The molecule has 2 aromatic rings. The van der Waals surface area contributed by atoms with Gasteiger partial charge in [-0.1, -0.05) is 6.92 Å². The Bertz CT molecular complexity index is 550. The average Bonchev–Trinajstić information content (AvgIpc) is 2.98. The van der Waals surface area contributed by atoms with Gasteiger partial charge in [-0.05, 0) is 32.8 Å². The van der Waals surface area contributed by atoms with Crippen molar-refractivity contribution in [1.82, 2.24) is 19.7 Å². The van der Waals surface area contributed by atoms with Crippen molar-refractivity contribution in [3.8, 4) is 0 Å². The van der Waals surface area contributed by atoms with Crippen LogP contribution in [0.15, 0.2) is 18.5 Å². The van der Waals surface area contributed by atoms with Crippen molar-refractivity contribution in [2.75, 3.05) is 23.7 Å². The Morgan fingerprint density at radius 3 is 2.43 bits per heavy atom. The maximum Gasteiger partial charge on any atom is 0.134 e. The highest BCUT2D eigenvalue weighted by Crippen LogP contribution is 2.19. The zero-order valence-electron chi connectivity index (χ0n) is 13.1. The molecule has 0 aliphatic carbocycles. The predicted octanol–water partition coefficient (Wildman–Crippen LogP) is 2.61. The van der Waals surface area contributed by atoms with Crippen LogP contribution in [0, 0.1) is 13.8 Å². The van der Waals surface area contributed by atoms with Crippen LogP contribution < -0.4 is 10.6 Å². The number of nitrogens with zero attached hydrogens (tertiary/aromatic N) is 4. The minimum absolute atomic E-state index is 0.786. The summed E-state index contributed by atoms with van der Waals surface area (Å²) in [4.78, 5) is 8.95. The topological polar surface area (TPSA) is 67.7 Å². The van der Waals surface area contributed by atoms with Gasteiger partial charge in [0.1, 0.15) is 17.5 Å². The third-order valence-corrected chi connectivity index (χ3v) is 3.22. The Labute approximate surface area is 126 Å². The van der Waals surface area contributed by atoms with Crippen LogP contribution in [0.2, 0.25) is 0 Å². The quantitative estimate of drug-likeness (QED) is 0.731. The van der Waals surface area contributed by atoms with E-state index in [0.29, 0.717) is 0 Å². The molecule has 0 atom stereocenters. The Balaban J connectivity index is 1.91. The highest BCUT2D eigenvalue weighted by atomic mass is 15.3. The zero-order chi connectivity index (χ0) is 15.1. The van der Waals surface area contributed by atoms with Crippen molar-refractivity contribution in [3.05, 3.63) is 29.8 Å². The second kappa shape index (κ2) is 7.61. The molecule has 0 aliphatic rings. The maximum atomic E-state index is 4.49. The van der Waals surface area contributed by atoms with Crippen molar-refractivity contribution in [2.24, 2.45) is 0 Å². The third-order valence-electron chi connectivity index (χ3n) is 3.22. The molecule has 0 amide bonds. The van der Waals surface area contributed by atoms with Crippen LogP contribution in [0.4, 0.5) is 11.6 Å². The van der Waals surface area contributed by atoms with Crippen molar-refractivity contribution in [3.63, 3.8) is 0 Å². The first-order chi connectivity index (χ1) is 10.2. The Kier molecular flexibility index (Phi) is 5.54. The SMILES string of the molecule is CCCNc1nc(C)nc(NCCCn2cccn2)c1C. The molecule has 2 heterocycles. The smallest absolute Gasteiger partial charge is 0.134 e. The first kappa shape index (κ1) is 15.3. The second-order valence-corrected chi connectivity index (χ2v) is 5.07. The standard InChI is InChI=1S/C15H24N6/c1-4-7-16-14-12(2)15(20-13(3)19-14)17-8-5-10-21-11-6-9-18-21/h6,9,11H,4-5,7-8,10H2,1-3H3,(H2,16,17,19,20). The van der Waals surface area contributed by atoms with E-state index in [9.17, 15) is 0 Å². The Morgan fingerprint density at radius 2 is 1.81 bits per heavy atom. The van der Waals surface area contributed by atoms with Crippen molar-refractivity contribution >= 4 is 11.6 Å². The van der Waals surface area contributed by atoms with E-state index in [1.807, 2.05) is 30.8 Å². The van der Waals surface area contributed by atoms with Gasteiger partial charge in [-0.15, -0.1) is 0 Å². The summed E-state index contributed by atoms with van der Waals surface area (Å²) in [6.45, 7) is 8.81. The average molecular weight is 288 g/mol. The minimum Gasteiger partial charge on any atom is -0.370 e. The molecule has 0 aliphatic heterocycles. The van der Waals surface area contributed by atoms with E-state index in [2.05, 4.69) is 32.6 Å². The maximum absolute atomic E-state index is 4.49. The summed E-state index contributed by atoms with van der Waals surface area (Å²) in [6, 6.07) is 1.94. The molecule has 0 saturated carbocycles. The van der Waals surface area contributed by atoms with Crippen molar-refractivity contribution in [2.45, 2.75) is 40.2 Å². The molecule has 6 nitrogen and oxygen atoms in total. The van der Waals surface area contributed by atoms with E-state index < -0.39 is 0 Å². The lowest BCUT2D eigenvalue weighted by Crippen LogP contribution is -2.12. The lowest BCUT2D eigenvalue weighted by Gasteiger charge is -2.14. The number of hydrogen-bond donors (Lipinski definition) is 2. The number of hydrogen-bond acceptors (Lipinski definition) is 5. The lowest BCUT2D eigenvalue weighted by molar-refractivity contribution is 0.591. The highest BCUT2D eigenvalue weighted by Gasteiger charge is 2.08. The molecule has 0 spiro atoms. The largest absolute Gasteiger partial charge is 0.370 e. The van der Waals surface area contributed by atoms with Crippen LogP contribution in [0.25, 0.3) is 0 Å². The van der Waals surface area contributed by atoms with Gasteiger partial charge in [0.25, 0.3) is 0 Å². The predicted molar refractivity (Wildman–Crippen MR) is 85.6 cm³/mol. The third kappa shape index (κ3) is 4.44. The van der Waals surface area contributed by atoms with Crippen LogP contribution in [-0.2, 0) is 6.54 Å². The summed E-state index contributed by atoms with van der Waals surface area (Å²) in [5, 5.41) is 10.9. The lowest BCUT2D eigenvalue weighted by atomic mass is 10.3. The first-order valence-corrected chi connectivity index (χ1v) is 7.51. The van der Waals surface area contributed by atoms with E-state index in [1.165, 1.54) is 0 Å². The van der Waals surface area contributed by atoms with Crippen LogP contribution in [0.1, 0.15) is 31.2 Å². The molecule has 2 N–H and O–H groups in total. The molecular weight excluding hydrogens is 264 g/mol. The summed E-state index contributed by atoms with van der Waals surface area (Å²) < 4.78 is 1.94. The van der Waals surface area contributed by atoms with Gasteiger partial charge >= 0.3 is 0 Å². The van der Waals surface area contributed by atoms with Crippen LogP contribution in [-0.4, -0.2) is 32.8 Å². The fourth-order valence-corrected chi connectivity index (χ4v) is 2.10. The van der Waals surface area contributed by atoms with Gasteiger partial charge in [-0.3, -0.25) is 4.68 Å². The van der Waals surface area contributed by atoms with E-state index in [4.69, 9.17) is 0 Å². The molecule has 0 radical (unpaired) electrons. The van der Waals surface area contributed by atoms with Crippen LogP contribution in [0.3, 0.4) is 0 Å². The van der Waals surface area contributed by atoms with Gasteiger partial charge in [-0.2, -0.15) is 5.10 Å². The van der Waals surface area contributed by atoms with E-state index in [0.717, 1.165) is 55.5 Å². The molecule has 114 valence electrons. The first-order valence-electron chi connectivity index (χ1n) is 7.51. The van der Waals surface area contributed by atoms with Gasteiger partial charge in [0.15, 0.2) is 0 Å². The molecule has 0 fully saturated rings. The van der Waals surface area contributed by atoms with Gasteiger partial charge in [0.2, 0.25) is 0 Å². The fourth-order valence-electron chi connectivity index (χ4n) is 2.10. The molecule has 6 heteroatoms. The van der Waals surface area contributed by atoms with Crippen LogP contribution in [0.5, 0.6) is 0 Å². The number of aryl methyl sites for hydroxylation is 2. The van der Waals surface area contributed by atoms with E-state index in [1.54, 1.807) is 6.20 Å². The summed E-state index contributed by atoms with van der Waals surface area (Å²) >= 11 is 0. The number of aromatic nitrogens is 4. The molecule has 2 aromatic heterocycles. The summed E-state index contributed by atoms with van der Waals surface area (Å²) in [6.07, 6.45) is 5.86.